The molecule has 5 heteroatoms. The molecular weight excluding hydrogens is 232 g/mol. The summed E-state index contributed by atoms with van der Waals surface area (Å²) in [5.74, 6) is 0. The lowest BCUT2D eigenvalue weighted by Gasteiger charge is -2.28. The van der Waals surface area contributed by atoms with Gasteiger partial charge in [-0.15, -0.1) is 0 Å². The van der Waals surface area contributed by atoms with Crippen molar-refractivity contribution in [3.63, 3.8) is 0 Å². The van der Waals surface area contributed by atoms with Gasteiger partial charge in [-0.05, 0) is 37.3 Å². The maximum absolute atomic E-state index is 10.5. The fourth-order valence-corrected chi connectivity index (χ4v) is 2.25. The average molecular weight is 250 g/mol. The van der Waals surface area contributed by atoms with Gasteiger partial charge in [0, 0.05) is 18.4 Å². The number of nitrogens with zero attached hydrogens (tertiary/aromatic N) is 1. The Labute approximate surface area is 106 Å². The number of ether oxygens (including phenoxy) is 1. The van der Waals surface area contributed by atoms with E-state index in [-0.39, 0.29) is 12.1 Å². The molecule has 1 fully saturated rings. The van der Waals surface area contributed by atoms with Gasteiger partial charge < -0.3 is 15.2 Å². The molecule has 0 spiro atoms. The van der Waals surface area contributed by atoms with Gasteiger partial charge in [0.25, 0.3) is 0 Å². The third kappa shape index (κ3) is 4.00. The van der Waals surface area contributed by atoms with Gasteiger partial charge in [0.05, 0.1) is 12.7 Å². The van der Waals surface area contributed by atoms with Crippen molar-refractivity contribution in [2.24, 2.45) is 0 Å². The van der Waals surface area contributed by atoms with Crippen LogP contribution in [0.4, 0.5) is 4.79 Å². The van der Waals surface area contributed by atoms with Crippen molar-refractivity contribution < 1.29 is 14.6 Å². The van der Waals surface area contributed by atoms with Gasteiger partial charge in [-0.25, -0.2) is 4.79 Å². The minimum Gasteiger partial charge on any atom is -0.465 e. The Kier molecular flexibility index (Phi) is 4.52. The second-order valence-corrected chi connectivity index (χ2v) is 4.60. The lowest BCUT2D eigenvalue weighted by atomic mass is 9.93. The van der Waals surface area contributed by atoms with Crippen LogP contribution >= 0.6 is 0 Å². The number of nitrogens with one attached hydrogen (secondary N) is 1. The van der Waals surface area contributed by atoms with Crippen LogP contribution in [0.2, 0.25) is 0 Å². The second kappa shape index (κ2) is 6.35. The summed E-state index contributed by atoms with van der Waals surface area (Å²) in [6, 6.07) is 3.97. The third-order valence-electron chi connectivity index (χ3n) is 3.21. The number of carbonyl (C=O) groups is 1. The zero-order valence-electron chi connectivity index (χ0n) is 10.2. The van der Waals surface area contributed by atoms with Crippen LogP contribution in [0.1, 0.15) is 31.2 Å². The van der Waals surface area contributed by atoms with Crippen LogP contribution < -0.4 is 5.32 Å². The normalized spacial score (nSPS) is 23.6. The number of pyridine rings is 1. The number of hydrogen-bond donors (Lipinski definition) is 2. The number of amides is 1. The minimum absolute atomic E-state index is 0.0840. The maximum Gasteiger partial charge on any atom is 0.404 e. The van der Waals surface area contributed by atoms with Crippen molar-refractivity contribution in [1.82, 2.24) is 10.3 Å². The van der Waals surface area contributed by atoms with Gasteiger partial charge in [-0.1, -0.05) is 6.07 Å². The van der Waals surface area contributed by atoms with Crippen molar-refractivity contribution in [1.29, 1.82) is 0 Å². The number of rotatable bonds is 4. The van der Waals surface area contributed by atoms with Crippen LogP contribution in [-0.2, 0) is 11.3 Å². The molecule has 0 radical (unpaired) electrons. The molecule has 98 valence electrons. The van der Waals surface area contributed by atoms with Gasteiger partial charge in [0.15, 0.2) is 0 Å². The average Bonchev–Trinajstić information content (AvgIpc) is 2.38. The first kappa shape index (κ1) is 12.8. The molecule has 1 aromatic heterocycles. The molecule has 18 heavy (non-hydrogen) atoms. The fourth-order valence-electron chi connectivity index (χ4n) is 2.25. The zero-order valence-corrected chi connectivity index (χ0v) is 10.2. The molecule has 1 aromatic rings. The third-order valence-corrected chi connectivity index (χ3v) is 3.21. The number of hydrogen-bond acceptors (Lipinski definition) is 3. The monoisotopic (exact) mass is 250 g/mol. The van der Waals surface area contributed by atoms with E-state index in [1.54, 1.807) is 12.4 Å². The highest BCUT2D eigenvalue weighted by Gasteiger charge is 2.22. The zero-order chi connectivity index (χ0) is 12.8. The molecule has 0 aliphatic heterocycles. The standard InChI is InChI=1S/C13H18N2O3/c16-13(17)15-11-3-5-12(6-4-11)18-9-10-2-1-7-14-8-10/h1-2,7-8,11-12,15H,3-6,9H2,(H,16,17). The van der Waals surface area contributed by atoms with E-state index in [0.717, 1.165) is 31.2 Å². The highest BCUT2D eigenvalue weighted by molar-refractivity contribution is 5.64. The fraction of sp³-hybridized carbons (Fsp3) is 0.538. The first-order valence-electron chi connectivity index (χ1n) is 6.24. The number of aromatic nitrogens is 1. The smallest absolute Gasteiger partial charge is 0.404 e. The van der Waals surface area contributed by atoms with Crippen LogP contribution in [0.3, 0.4) is 0 Å². The van der Waals surface area contributed by atoms with Gasteiger partial charge in [0.2, 0.25) is 0 Å². The molecule has 5 nitrogen and oxygen atoms in total. The van der Waals surface area contributed by atoms with Crippen LogP contribution in [0.5, 0.6) is 0 Å². The number of carboxylic acid groups (broad SMARTS) is 1. The van der Waals surface area contributed by atoms with Crippen LogP contribution in [0.15, 0.2) is 24.5 Å². The Morgan fingerprint density at radius 1 is 1.44 bits per heavy atom. The second-order valence-electron chi connectivity index (χ2n) is 4.60. The first-order chi connectivity index (χ1) is 8.74. The Balaban J connectivity index is 1.69. The molecular formula is C13H18N2O3. The molecule has 0 aromatic carbocycles. The molecule has 1 heterocycles. The predicted octanol–water partition coefficient (Wildman–Crippen LogP) is 2.18. The lowest BCUT2D eigenvalue weighted by molar-refractivity contribution is 0.0114. The summed E-state index contributed by atoms with van der Waals surface area (Å²) in [6.07, 6.45) is 6.36. The maximum atomic E-state index is 10.5. The summed E-state index contributed by atoms with van der Waals surface area (Å²) in [4.78, 5) is 14.5. The van der Waals surface area contributed by atoms with E-state index in [1.807, 2.05) is 12.1 Å². The molecule has 0 saturated heterocycles. The van der Waals surface area contributed by atoms with Crippen molar-refractivity contribution in [3.05, 3.63) is 30.1 Å². The highest BCUT2D eigenvalue weighted by atomic mass is 16.5. The molecule has 1 amide bonds. The quantitative estimate of drug-likeness (QED) is 0.859. The van der Waals surface area contributed by atoms with Gasteiger partial charge >= 0.3 is 6.09 Å². The van der Waals surface area contributed by atoms with Crippen molar-refractivity contribution in [2.75, 3.05) is 0 Å². The molecule has 0 atom stereocenters. The molecule has 1 aliphatic rings. The lowest BCUT2D eigenvalue weighted by Crippen LogP contribution is -2.38. The topological polar surface area (TPSA) is 71.5 Å². The van der Waals surface area contributed by atoms with Crippen LogP contribution in [-0.4, -0.2) is 28.3 Å². The molecule has 1 aliphatic carbocycles. The Bertz CT molecular complexity index is 375. The molecule has 1 saturated carbocycles. The SMILES string of the molecule is O=C(O)NC1CCC(OCc2cccnc2)CC1. The van der Waals surface area contributed by atoms with E-state index in [9.17, 15) is 4.79 Å². The Morgan fingerprint density at radius 3 is 2.83 bits per heavy atom. The molecule has 0 unspecified atom stereocenters. The van der Waals surface area contributed by atoms with Crippen molar-refractivity contribution in [3.8, 4) is 0 Å². The van der Waals surface area contributed by atoms with Crippen molar-refractivity contribution >= 4 is 6.09 Å². The van der Waals surface area contributed by atoms with E-state index in [2.05, 4.69) is 10.3 Å². The first-order valence-corrected chi connectivity index (χ1v) is 6.24. The van der Waals surface area contributed by atoms with Crippen LogP contribution in [0.25, 0.3) is 0 Å². The summed E-state index contributed by atoms with van der Waals surface area (Å²) in [6.45, 7) is 0.579. The predicted molar refractivity (Wildman–Crippen MR) is 66.2 cm³/mol. The van der Waals surface area contributed by atoms with E-state index < -0.39 is 6.09 Å². The van der Waals surface area contributed by atoms with Gasteiger partial charge in [-0.3, -0.25) is 4.98 Å². The Hall–Kier alpha value is -1.62. The molecule has 0 bridgehead atoms. The summed E-state index contributed by atoms with van der Waals surface area (Å²) >= 11 is 0. The van der Waals surface area contributed by atoms with E-state index in [1.165, 1.54) is 0 Å². The van der Waals surface area contributed by atoms with E-state index >= 15 is 0 Å². The summed E-state index contributed by atoms with van der Waals surface area (Å²) in [7, 11) is 0. The largest absolute Gasteiger partial charge is 0.465 e. The van der Waals surface area contributed by atoms with Gasteiger partial charge in [0.1, 0.15) is 0 Å². The van der Waals surface area contributed by atoms with Crippen molar-refractivity contribution in [2.45, 2.75) is 44.4 Å². The Morgan fingerprint density at radius 2 is 2.22 bits per heavy atom. The van der Waals surface area contributed by atoms with E-state index in [4.69, 9.17) is 9.84 Å². The van der Waals surface area contributed by atoms with Gasteiger partial charge in [-0.2, -0.15) is 0 Å². The minimum atomic E-state index is -0.935. The summed E-state index contributed by atoms with van der Waals surface area (Å²) in [5, 5.41) is 11.2. The van der Waals surface area contributed by atoms with E-state index in [0.29, 0.717) is 6.61 Å². The highest BCUT2D eigenvalue weighted by Crippen LogP contribution is 2.22. The summed E-state index contributed by atoms with van der Waals surface area (Å²) in [5.41, 5.74) is 1.07. The molecule has 2 rings (SSSR count). The van der Waals surface area contributed by atoms with Crippen LogP contribution in [0, 0.1) is 0 Å². The summed E-state index contributed by atoms with van der Waals surface area (Å²) < 4.78 is 5.81. The molecule has 2 N–H and O–H groups in total.